The highest BCUT2D eigenvalue weighted by molar-refractivity contribution is 4.87. The van der Waals surface area contributed by atoms with Crippen molar-refractivity contribution in [2.24, 2.45) is 29.6 Å². The summed E-state index contributed by atoms with van der Waals surface area (Å²) < 4.78 is 0. The van der Waals surface area contributed by atoms with Gasteiger partial charge in [-0.25, -0.2) is 0 Å². The van der Waals surface area contributed by atoms with Gasteiger partial charge in [0.05, 0.1) is 0 Å². The SMILES string of the molecule is CC(C)C(C)CCCC1CC1C(C)C. The first-order valence-electron chi connectivity index (χ1n) is 6.52. The summed E-state index contributed by atoms with van der Waals surface area (Å²) in [6.07, 6.45) is 5.93. The molecule has 0 N–H and O–H groups in total. The lowest BCUT2D eigenvalue weighted by Gasteiger charge is -2.14. The molecule has 0 amide bonds. The van der Waals surface area contributed by atoms with Crippen molar-refractivity contribution in [3.05, 3.63) is 0 Å². The molecule has 0 spiro atoms. The Morgan fingerprint density at radius 2 is 1.71 bits per heavy atom. The monoisotopic (exact) mass is 196 g/mol. The maximum Gasteiger partial charge on any atom is -0.0360 e. The fraction of sp³-hybridized carbons (Fsp3) is 1.00. The van der Waals surface area contributed by atoms with E-state index < -0.39 is 0 Å². The van der Waals surface area contributed by atoms with Gasteiger partial charge < -0.3 is 0 Å². The fourth-order valence-electron chi connectivity index (χ4n) is 2.45. The van der Waals surface area contributed by atoms with E-state index in [0.29, 0.717) is 0 Å². The topological polar surface area (TPSA) is 0 Å². The van der Waals surface area contributed by atoms with Crippen LogP contribution in [0.3, 0.4) is 0 Å². The van der Waals surface area contributed by atoms with E-state index in [2.05, 4.69) is 34.6 Å². The number of rotatable bonds is 6. The molecule has 1 saturated carbocycles. The second-order valence-corrected chi connectivity index (χ2v) is 6.06. The van der Waals surface area contributed by atoms with Gasteiger partial charge in [0.2, 0.25) is 0 Å². The third kappa shape index (κ3) is 3.63. The van der Waals surface area contributed by atoms with E-state index >= 15 is 0 Å². The molecule has 1 aliphatic rings. The Bertz CT molecular complexity index is 157. The molecule has 0 nitrogen and oxygen atoms in total. The Balaban J connectivity index is 2.01. The van der Waals surface area contributed by atoms with E-state index in [9.17, 15) is 0 Å². The van der Waals surface area contributed by atoms with Crippen LogP contribution in [0.2, 0.25) is 0 Å². The zero-order valence-electron chi connectivity index (χ0n) is 10.7. The molecule has 0 heterocycles. The molecule has 1 rings (SSSR count). The lowest BCUT2D eigenvalue weighted by atomic mass is 9.92. The maximum atomic E-state index is 2.40. The van der Waals surface area contributed by atoms with Gasteiger partial charge in [-0.15, -0.1) is 0 Å². The van der Waals surface area contributed by atoms with Gasteiger partial charge in [0.15, 0.2) is 0 Å². The Morgan fingerprint density at radius 1 is 1.07 bits per heavy atom. The lowest BCUT2D eigenvalue weighted by molar-refractivity contribution is 0.368. The van der Waals surface area contributed by atoms with Crippen LogP contribution in [-0.2, 0) is 0 Å². The average Bonchev–Trinajstić information content (AvgIpc) is 2.83. The molecule has 0 aromatic carbocycles. The van der Waals surface area contributed by atoms with Gasteiger partial charge in [-0.1, -0.05) is 53.9 Å². The first-order chi connectivity index (χ1) is 6.52. The van der Waals surface area contributed by atoms with Crippen molar-refractivity contribution in [3.8, 4) is 0 Å². The van der Waals surface area contributed by atoms with Crippen molar-refractivity contribution in [2.45, 2.75) is 60.3 Å². The first-order valence-corrected chi connectivity index (χ1v) is 6.52. The number of hydrogen-bond acceptors (Lipinski definition) is 0. The molecule has 0 aromatic heterocycles. The van der Waals surface area contributed by atoms with Gasteiger partial charge in [0.25, 0.3) is 0 Å². The third-order valence-electron chi connectivity index (χ3n) is 4.21. The summed E-state index contributed by atoms with van der Waals surface area (Å²) in [5, 5.41) is 0. The van der Waals surface area contributed by atoms with Crippen molar-refractivity contribution in [1.29, 1.82) is 0 Å². The summed E-state index contributed by atoms with van der Waals surface area (Å²) >= 11 is 0. The Morgan fingerprint density at radius 3 is 2.14 bits per heavy atom. The summed E-state index contributed by atoms with van der Waals surface area (Å²) in [6.45, 7) is 11.8. The van der Waals surface area contributed by atoms with Crippen molar-refractivity contribution < 1.29 is 0 Å². The van der Waals surface area contributed by atoms with Gasteiger partial charge >= 0.3 is 0 Å². The minimum absolute atomic E-state index is 0.870. The predicted octanol–water partition coefficient (Wildman–Crippen LogP) is 4.74. The van der Waals surface area contributed by atoms with Crippen LogP contribution >= 0.6 is 0 Å². The highest BCUT2D eigenvalue weighted by atomic mass is 14.4. The third-order valence-corrected chi connectivity index (χ3v) is 4.21. The van der Waals surface area contributed by atoms with E-state index in [0.717, 1.165) is 29.6 Å². The Hall–Kier alpha value is 0. The molecule has 3 unspecified atom stereocenters. The average molecular weight is 196 g/mol. The molecule has 1 fully saturated rings. The van der Waals surface area contributed by atoms with Gasteiger partial charge in [-0.05, 0) is 36.0 Å². The van der Waals surface area contributed by atoms with Gasteiger partial charge in [-0.3, -0.25) is 0 Å². The number of hydrogen-bond donors (Lipinski definition) is 0. The molecule has 0 aliphatic heterocycles. The largest absolute Gasteiger partial charge is 0.0625 e. The molecular formula is C14H28. The van der Waals surface area contributed by atoms with E-state index in [1.54, 1.807) is 0 Å². The molecular weight excluding hydrogens is 168 g/mol. The van der Waals surface area contributed by atoms with Crippen molar-refractivity contribution in [3.63, 3.8) is 0 Å². The molecule has 84 valence electrons. The smallest absolute Gasteiger partial charge is 0.0360 e. The minimum Gasteiger partial charge on any atom is -0.0625 e. The van der Waals surface area contributed by atoms with E-state index in [1.165, 1.54) is 25.7 Å². The maximum absolute atomic E-state index is 2.40. The van der Waals surface area contributed by atoms with Crippen LogP contribution in [0.1, 0.15) is 60.3 Å². The van der Waals surface area contributed by atoms with Crippen LogP contribution < -0.4 is 0 Å². The van der Waals surface area contributed by atoms with Crippen LogP contribution in [0.25, 0.3) is 0 Å². The van der Waals surface area contributed by atoms with Crippen LogP contribution in [0.5, 0.6) is 0 Å². The van der Waals surface area contributed by atoms with Crippen molar-refractivity contribution in [1.82, 2.24) is 0 Å². The zero-order valence-corrected chi connectivity index (χ0v) is 10.7. The van der Waals surface area contributed by atoms with Gasteiger partial charge in [-0.2, -0.15) is 0 Å². The molecule has 3 atom stereocenters. The predicted molar refractivity (Wildman–Crippen MR) is 64.3 cm³/mol. The highest BCUT2D eigenvalue weighted by Crippen LogP contribution is 2.47. The fourth-order valence-corrected chi connectivity index (χ4v) is 2.45. The lowest BCUT2D eigenvalue weighted by Crippen LogP contribution is -2.03. The van der Waals surface area contributed by atoms with Crippen molar-refractivity contribution >= 4 is 0 Å². The standard InChI is InChI=1S/C14H28/c1-10(2)12(5)7-6-8-13-9-14(13)11(3)4/h10-14H,6-9H2,1-5H3. The van der Waals surface area contributed by atoms with E-state index in [1.807, 2.05) is 0 Å². The second kappa shape index (κ2) is 5.19. The highest BCUT2D eigenvalue weighted by Gasteiger charge is 2.38. The van der Waals surface area contributed by atoms with Gasteiger partial charge in [0, 0.05) is 0 Å². The van der Waals surface area contributed by atoms with Gasteiger partial charge in [0.1, 0.15) is 0 Å². The van der Waals surface area contributed by atoms with Crippen LogP contribution in [0.4, 0.5) is 0 Å². The quantitative estimate of drug-likeness (QED) is 0.575. The molecule has 0 saturated heterocycles. The molecule has 0 aromatic rings. The molecule has 1 aliphatic carbocycles. The van der Waals surface area contributed by atoms with Crippen LogP contribution in [0.15, 0.2) is 0 Å². The van der Waals surface area contributed by atoms with E-state index in [-0.39, 0.29) is 0 Å². The normalized spacial score (nSPS) is 28.5. The first kappa shape index (κ1) is 12.1. The summed E-state index contributed by atoms with van der Waals surface area (Å²) in [5.41, 5.74) is 0. The summed E-state index contributed by atoms with van der Waals surface area (Å²) in [6, 6.07) is 0. The summed E-state index contributed by atoms with van der Waals surface area (Å²) in [5.74, 6) is 4.89. The minimum atomic E-state index is 0.870. The molecule has 0 bridgehead atoms. The van der Waals surface area contributed by atoms with Crippen LogP contribution in [-0.4, -0.2) is 0 Å². The Kier molecular flexibility index (Phi) is 4.47. The van der Waals surface area contributed by atoms with E-state index in [4.69, 9.17) is 0 Å². The summed E-state index contributed by atoms with van der Waals surface area (Å²) in [7, 11) is 0. The zero-order chi connectivity index (χ0) is 10.7. The summed E-state index contributed by atoms with van der Waals surface area (Å²) in [4.78, 5) is 0. The van der Waals surface area contributed by atoms with Crippen molar-refractivity contribution in [2.75, 3.05) is 0 Å². The molecule has 0 heteroatoms. The Labute approximate surface area is 90.5 Å². The second-order valence-electron chi connectivity index (χ2n) is 6.06. The van der Waals surface area contributed by atoms with Crippen LogP contribution in [0, 0.1) is 29.6 Å². The molecule has 14 heavy (non-hydrogen) atoms. The molecule has 0 radical (unpaired) electrons.